The zero-order valence-electron chi connectivity index (χ0n) is 12.3. The summed E-state index contributed by atoms with van der Waals surface area (Å²) in [6, 6.07) is 6.08. The van der Waals surface area contributed by atoms with E-state index in [-0.39, 0.29) is 5.91 Å². The molecule has 1 saturated heterocycles. The van der Waals surface area contributed by atoms with Crippen LogP contribution in [0.25, 0.3) is 0 Å². The van der Waals surface area contributed by atoms with Gasteiger partial charge in [-0.1, -0.05) is 28.9 Å². The van der Waals surface area contributed by atoms with Gasteiger partial charge in [-0.05, 0) is 50.4 Å². The Kier molecular flexibility index (Phi) is 5.61. The predicted octanol–water partition coefficient (Wildman–Crippen LogP) is 3.36. The van der Waals surface area contributed by atoms with E-state index in [4.69, 9.17) is 0 Å². The van der Waals surface area contributed by atoms with Gasteiger partial charge in [0.2, 0.25) is 0 Å². The molecule has 1 aliphatic rings. The number of amides is 1. The summed E-state index contributed by atoms with van der Waals surface area (Å²) in [5.41, 5.74) is 1.78. The maximum Gasteiger partial charge on any atom is 0.251 e. The van der Waals surface area contributed by atoms with Gasteiger partial charge in [-0.3, -0.25) is 4.79 Å². The number of rotatable bonds is 4. The van der Waals surface area contributed by atoms with Gasteiger partial charge in [0.25, 0.3) is 5.91 Å². The SMILES string of the molecule is CCCN1CCC(NC(=O)c2cccc(Br)c2C)CC1. The standard InChI is InChI=1S/C16H23BrN2O/c1-3-9-19-10-7-13(8-11-19)18-16(20)14-5-4-6-15(17)12(14)2/h4-6,13H,3,7-11H2,1-2H3,(H,18,20). The molecule has 3 nitrogen and oxygen atoms in total. The molecule has 20 heavy (non-hydrogen) atoms. The fourth-order valence-corrected chi connectivity index (χ4v) is 3.10. The number of nitrogens with zero attached hydrogens (tertiary/aromatic N) is 1. The lowest BCUT2D eigenvalue weighted by molar-refractivity contribution is 0.0910. The second-order valence-electron chi connectivity index (χ2n) is 5.50. The highest BCUT2D eigenvalue weighted by atomic mass is 79.9. The molecule has 1 aromatic rings. The Morgan fingerprint density at radius 2 is 2.10 bits per heavy atom. The van der Waals surface area contributed by atoms with Crippen LogP contribution in [0.1, 0.15) is 42.1 Å². The first-order valence-electron chi connectivity index (χ1n) is 7.40. The van der Waals surface area contributed by atoms with E-state index >= 15 is 0 Å². The van der Waals surface area contributed by atoms with Crippen molar-refractivity contribution in [2.45, 2.75) is 39.2 Å². The Morgan fingerprint density at radius 1 is 1.40 bits per heavy atom. The van der Waals surface area contributed by atoms with Crippen LogP contribution < -0.4 is 5.32 Å². The summed E-state index contributed by atoms with van der Waals surface area (Å²) in [6.45, 7) is 7.55. The second-order valence-corrected chi connectivity index (χ2v) is 6.36. The highest BCUT2D eigenvalue weighted by molar-refractivity contribution is 9.10. The molecule has 110 valence electrons. The van der Waals surface area contributed by atoms with E-state index in [1.807, 2.05) is 25.1 Å². The Morgan fingerprint density at radius 3 is 2.75 bits per heavy atom. The van der Waals surface area contributed by atoms with E-state index in [9.17, 15) is 4.79 Å². The van der Waals surface area contributed by atoms with Crippen molar-refractivity contribution in [1.29, 1.82) is 0 Å². The van der Waals surface area contributed by atoms with E-state index in [0.29, 0.717) is 6.04 Å². The smallest absolute Gasteiger partial charge is 0.251 e. The van der Waals surface area contributed by atoms with Crippen molar-refractivity contribution in [3.05, 3.63) is 33.8 Å². The summed E-state index contributed by atoms with van der Waals surface area (Å²) in [4.78, 5) is 14.8. The molecule has 0 saturated carbocycles. The lowest BCUT2D eigenvalue weighted by Crippen LogP contribution is -2.44. The van der Waals surface area contributed by atoms with E-state index in [2.05, 4.69) is 33.1 Å². The van der Waals surface area contributed by atoms with Crippen molar-refractivity contribution in [3.63, 3.8) is 0 Å². The maximum atomic E-state index is 12.3. The number of nitrogens with one attached hydrogen (secondary N) is 1. The Bertz CT molecular complexity index is 468. The predicted molar refractivity (Wildman–Crippen MR) is 86.1 cm³/mol. The van der Waals surface area contributed by atoms with Gasteiger partial charge >= 0.3 is 0 Å². The zero-order valence-corrected chi connectivity index (χ0v) is 13.9. The van der Waals surface area contributed by atoms with Crippen LogP contribution in [-0.4, -0.2) is 36.5 Å². The zero-order chi connectivity index (χ0) is 14.5. The van der Waals surface area contributed by atoms with Crippen LogP contribution in [0.15, 0.2) is 22.7 Å². The van der Waals surface area contributed by atoms with Crippen molar-refractivity contribution >= 4 is 21.8 Å². The summed E-state index contributed by atoms with van der Waals surface area (Å²) in [5.74, 6) is 0.0535. The summed E-state index contributed by atoms with van der Waals surface area (Å²) in [7, 11) is 0. The monoisotopic (exact) mass is 338 g/mol. The van der Waals surface area contributed by atoms with E-state index in [1.165, 1.54) is 13.0 Å². The van der Waals surface area contributed by atoms with Gasteiger partial charge in [-0.15, -0.1) is 0 Å². The van der Waals surface area contributed by atoms with Crippen LogP contribution in [0.2, 0.25) is 0 Å². The minimum absolute atomic E-state index is 0.0535. The molecular weight excluding hydrogens is 316 g/mol. The minimum Gasteiger partial charge on any atom is -0.349 e. The lowest BCUT2D eigenvalue weighted by Gasteiger charge is -2.32. The minimum atomic E-state index is 0.0535. The number of halogens is 1. The third kappa shape index (κ3) is 3.83. The molecule has 1 fully saturated rings. The molecule has 0 radical (unpaired) electrons. The first-order chi connectivity index (χ1) is 9.61. The molecule has 2 rings (SSSR count). The van der Waals surface area contributed by atoms with E-state index < -0.39 is 0 Å². The molecular formula is C16H23BrN2O. The van der Waals surface area contributed by atoms with Gasteiger partial charge in [-0.25, -0.2) is 0 Å². The molecule has 0 aliphatic carbocycles. The van der Waals surface area contributed by atoms with Crippen LogP contribution in [-0.2, 0) is 0 Å². The Balaban J connectivity index is 1.91. The number of carbonyl (C=O) groups excluding carboxylic acids is 1. The van der Waals surface area contributed by atoms with Gasteiger partial charge in [0.15, 0.2) is 0 Å². The maximum absolute atomic E-state index is 12.3. The molecule has 4 heteroatoms. The van der Waals surface area contributed by atoms with Crippen LogP contribution in [0, 0.1) is 6.92 Å². The summed E-state index contributed by atoms with van der Waals surface area (Å²) in [6.07, 6.45) is 3.31. The second kappa shape index (κ2) is 7.23. The van der Waals surface area contributed by atoms with Crippen LogP contribution >= 0.6 is 15.9 Å². The number of benzene rings is 1. The van der Waals surface area contributed by atoms with Crippen molar-refractivity contribution < 1.29 is 4.79 Å². The molecule has 0 bridgehead atoms. The summed E-state index contributed by atoms with van der Waals surface area (Å²) >= 11 is 3.48. The molecule has 0 spiro atoms. The number of likely N-dealkylation sites (tertiary alicyclic amines) is 1. The highest BCUT2D eigenvalue weighted by Crippen LogP contribution is 2.20. The van der Waals surface area contributed by atoms with Crippen molar-refractivity contribution in [2.24, 2.45) is 0 Å². The molecule has 1 amide bonds. The summed E-state index contributed by atoms with van der Waals surface area (Å²) < 4.78 is 0.989. The quantitative estimate of drug-likeness (QED) is 0.912. The normalized spacial score (nSPS) is 17.1. The number of hydrogen-bond donors (Lipinski definition) is 1. The molecule has 1 aliphatic heterocycles. The average Bonchev–Trinajstić information content (AvgIpc) is 2.44. The molecule has 1 aromatic carbocycles. The van der Waals surface area contributed by atoms with Crippen LogP contribution in [0.5, 0.6) is 0 Å². The van der Waals surface area contributed by atoms with Gasteiger partial charge in [-0.2, -0.15) is 0 Å². The third-order valence-corrected chi connectivity index (χ3v) is 4.83. The molecule has 0 atom stereocenters. The molecule has 0 unspecified atom stereocenters. The van der Waals surface area contributed by atoms with Crippen molar-refractivity contribution in [2.75, 3.05) is 19.6 Å². The van der Waals surface area contributed by atoms with Gasteiger partial charge in [0, 0.05) is 29.2 Å². The topological polar surface area (TPSA) is 32.3 Å². The number of piperidine rings is 1. The van der Waals surface area contributed by atoms with Crippen LogP contribution in [0.3, 0.4) is 0 Å². The molecule has 1 N–H and O–H groups in total. The van der Waals surface area contributed by atoms with Crippen LogP contribution in [0.4, 0.5) is 0 Å². The third-order valence-electron chi connectivity index (χ3n) is 3.97. The van der Waals surface area contributed by atoms with Crippen molar-refractivity contribution in [1.82, 2.24) is 10.2 Å². The van der Waals surface area contributed by atoms with Gasteiger partial charge in [0.05, 0.1) is 0 Å². The van der Waals surface area contributed by atoms with E-state index in [1.54, 1.807) is 0 Å². The highest BCUT2D eigenvalue weighted by Gasteiger charge is 2.21. The molecule has 0 aromatic heterocycles. The van der Waals surface area contributed by atoms with Gasteiger partial charge in [0.1, 0.15) is 0 Å². The average molecular weight is 339 g/mol. The molecule has 1 heterocycles. The fraction of sp³-hybridized carbons (Fsp3) is 0.562. The largest absolute Gasteiger partial charge is 0.349 e. The lowest BCUT2D eigenvalue weighted by atomic mass is 10.0. The fourth-order valence-electron chi connectivity index (χ4n) is 2.73. The first-order valence-corrected chi connectivity index (χ1v) is 8.19. The Hall–Kier alpha value is -0.870. The van der Waals surface area contributed by atoms with Gasteiger partial charge < -0.3 is 10.2 Å². The number of carbonyl (C=O) groups is 1. The first kappa shape index (κ1) is 15.5. The summed E-state index contributed by atoms with van der Waals surface area (Å²) in [5, 5.41) is 3.18. The Labute approximate surface area is 129 Å². The number of hydrogen-bond acceptors (Lipinski definition) is 2. The van der Waals surface area contributed by atoms with Crippen molar-refractivity contribution in [3.8, 4) is 0 Å². The van der Waals surface area contributed by atoms with E-state index in [0.717, 1.165) is 41.5 Å².